The summed E-state index contributed by atoms with van der Waals surface area (Å²) in [5.41, 5.74) is 2.62. The zero-order valence-electron chi connectivity index (χ0n) is 8.84. The lowest BCUT2D eigenvalue weighted by atomic mass is 10.1. The molecule has 0 saturated carbocycles. The lowest BCUT2D eigenvalue weighted by Crippen LogP contribution is -1.91. The number of para-hydroxylation sites is 1. The third-order valence-corrected chi connectivity index (χ3v) is 3.16. The minimum atomic E-state index is 0.858. The fourth-order valence-corrected chi connectivity index (χ4v) is 2.23. The molecule has 17 heavy (non-hydrogen) atoms. The molecule has 0 radical (unpaired) electrons. The molecular formula is C13H8BrN3. The number of hydrogen-bond acceptors (Lipinski definition) is 3. The van der Waals surface area contributed by atoms with Gasteiger partial charge in [-0.05, 0) is 34.1 Å². The average Bonchev–Trinajstić information content (AvgIpc) is 2.40. The summed E-state index contributed by atoms with van der Waals surface area (Å²) in [4.78, 5) is 12.9. The summed E-state index contributed by atoms with van der Waals surface area (Å²) in [5.74, 6) is 0. The van der Waals surface area contributed by atoms with E-state index in [1.54, 1.807) is 12.5 Å². The van der Waals surface area contributed by atoms with E-state index in [1.165, 1.54) is 0 Å². The highest BCUT2D eigenvalue weighted by molar-refractivity contribution is 9.10. The first kappa shape index (κ1) is 10.4. The predicted octanol–water partition coefficient (Wildman–Crippen LogP) is 3.45. The maximum Gasteiger partial charge on any atom is 0.116 e. The predicted molar refractivity (Wildman–Crippen MR) is 70.5 cm³/mol. The zero-order valence-corrected chi connectivity index (χ0v) is 10.4. The minimum Gasteiger partial charge on any atom is -0.255 e. The Labute approximate surface area is 107 Å². The van der Waals surface area contributed by atoms with Crippen LogP contribution in [0.5, 0.6) is 0 Å². The molecule has 0 spiro atoms. The molecule has 0 N–H and O–H groups in total. The summed E-state index contributed by atoms with van der Waals surface area (Å²) in [5, 5.41) is 1.00. The van der Waals surface area contributed by atoms with Gasteiger partial charge >= 0.3 is 0 Å². The van der Waals surface area contributed by atoms with Gasteiger partial charge in [-0.1, -0.05) is 18.2 Å². The third kappa shape index (κ3) is 1.80. The number of fused-ring (bicyclic) bond motifs is 1. The largest absolute Gasteiger partial charge is 0.255 e. The summed E-state index contributed by atoms with van der Waals surface area (Å²) < 4.78 is 0.967. The molecule has 1 aromatic carbocycles. The van der Waals surface area contributed by atoms with Gasteiger partial charge in [0.2, 0.25) is 0 Å². The molecule has 2 aromatic heterocycles. The number of aromatic nitrogens is 3. The van der Waals surface area contributed by atoms with Crippen molar-refractivity contribution in [2.75, 3.05) is 0 Å². The van der Waals surface area contributed by atoms with E-state index in [9.17, 15) is 0 Å². The van der Waals surface area contributed by atoms with Crippen molar-refractivity contribution in [2.24, 2.45) is 0 Å². The number of benzene rings is 1. The highest BCUT2D eigenvalue weighted by atomic mass is 79.9. The van der Waals surface area contributed by atoms with Crippen molar-refractivity contribution in [3.8, 4) is 11.4 Å². The molecule has 82 valence electrons. The van der Waals surface area contributed by atoms with Crippen LogP contribution in [0.1, 0.15) is 0 Å². The lowest BCUT2D eigenvalue weighted by Gasteiger charge is -2.04. The van der Waals surface area contributed by atoms with Crippen molar-refractivity contribution in [2.45, 2.75) is 0 Å². The molecule has 0 atom stereocenters. The Kier molecular flexibility index (Phi) is 2.57. The van der Waals surface area contributed by atoms with Gasteiger partial charge in [0, 0.05) is 16.1 Å². The Balaban J connectivity index is 2.35. The van der Waals surface area contributed by atoms with Crippen LogP contribution < -0.4 is 0 Å². The highest BCUT2D eigenvalue weighted by Crippen LogP contribution is 2.27. The van der Waals surface area contributed by atoms with Gasteiger partial charge in [0.1, 0.15) is 6.33 Å². The van der Waals surface area contributed by atoms with Gasteiger partial charge in [0.25, 0.3) is 0 Å². The Hall–Kier alpha value is -1.81. The van der Waals surface area contributed by atoms with Crippen LogP contribution in [0.25, 0.3) is 22.3 Å². The van der Waals surface area contributed by atoms with Crippen LogP contribution in [-0.4, -0.2) is 15.0 Å². The topological polar surface area (TPSA) is 38.7 Å². The smallest absolute Gasteiger partial charge is 0.116 e. The number of pyridine rings is 1. The number of rotatable bonds is 1. The van der Waals surface area contributed by atoms with Crippen molar-refractivity contribution in [3.63, 3.8) is 0 Å². The second-order valence-electron chi connectivity index (χ2n) is 3.57. The van der Waals surface area contributed by atoms with Crippen LogP contribution in [0.2, 0.25) is 0 Å². The minimum absolute atomic E-state index is 0.858. The molecule has 0 aliphatic rings. The molecule has 3 aromatic rings. The van der Waals surface area contributed by atoms with Crippen LogP contribution in [0.15, 0.2) is 53.4 Å². The van der Waals surface area contributed by atoms with E-state index < -0.39 is 0 Å². The highest BCUT2D eigenvalue weighted by Gasteiger charge is 2.08. The number of nitrogens with zero attached hydrogens (tertiary/aromatic N) is 3. The summed E-state index contributed by atoms with van der Waals surface area (Å²) in [6, 6.07) is 11.7. The van der Waals surface area contributed by atoms with Crippen molar-refractivity contribution in [1.29, 1.82) is 0 Å². The molecule has 0 unspecified atom stereocenters. The van der Waals surface area contributed by atoms with E-state index in [1.807, 2.05) is 36.4 Å². The zero-order chi connectivity index (χ0) is 11.7. The summed E-state index contributed by atoms with van der Waals surface area (Å²) in [6.07, 6.45) is 3.33. The molecule has 2 heterocycles. The van der Waals surface area contributed by atoms with E-state index in [0.717, 1.165) is 26.8 Å². The molecule has 0 amide bonds. The monoisotopic (exact) mass is 285 g/mol. The van der Waals surface area contributed by atoms with E-state index >= 15 is 0 Å². The van der Waals surface area contributed by atoms with Crippen LogP contribution >= 0.6 is 15.9 Å². The first-order valence-corrected chi connectivity index (χ1v) is 5.96. The van der Waals surface area contributed by atoms with Crippen molar-refractivity contribution in [3.05, 3.63) is 53.4 Å². The van der Waals surface area contributed by atoms with Crippen molar-refractivity contribution in [1.82, 2.24) is 15.0 Å². The molecule has 3 nitrogen and oxygen atoms in total. The second-order valence-corrected chi connectivity index (χ2v) is 4.43. The first-order chi connectivity index (χ1) is 8.36. The van der Waals surface area contributed by atoms with Gasteiger partial charge in [-0.3, -0.25) is 4.98 Å². The van der Waals surface area contributed by atoms with Gasteiger partial charge in [-0.15, -0.1) is 0 Å². The Bertz CT molecular complexity index is 668. The molecular weight excluding hydrogens is 278 g/mol. The Morgan fingerprint density at radius 2 is 1.82 bits per heavy atom. The Morgan fingerprint density at radius 3 is 2.65 bits per heavy atom. The van der Waals surface area contributed by atoms with Gasteiger partial charge in [0.05, 0.1) is 16.9 Å². The van der Waals surface area contributed by atoms with Gasteiger partial charge in [0.15, 0.2) is 0 Å². The van der Waals surface area contributed by atoms with Crippen molar-refractivity contribution >= 4 is 26.8 Å². The standard InChI is InChI=1S/C13H8BrN3/c14-10-5-3-4-9-12(10)16-8-17-13(9)11-6-1-2-7-15-11/h1-8H. The Morgan fingerprint density at radius 1 is 0.882 bits per heavy atom. The van der Waals surface area contributed by atoms with E-state index in [-0.39, 0.29) is 0 Å². The van der Waals surface area contributed by atoms with Gasteiger partial charge in [-0.2, -0.15) is 0 Å². The maximum atomic E-state index is 4.32. The normalized spacial score (nSPS) is 10.6. The van der Waals surface area contributed by atoms with Gasteiger partial charge in [-0.25, -0.2) is 9.97 Å². The molecule has 0 fully saturated rings. The molecule has 3 rings (SSSR count). The molecule has 0 aliphatic carbocycles. The lowest BCUT2D eigenvalue weighted by molar-refractivity contribution is 1.19. The number of hydrogen-bond donors (Lipinski definition) is 0. The van der Waals surface area contributed by atoms with Crippen LogP contribution in [0.3, 0.4) is 0 Å². The molecule has 4 heteroatoms. The van der Waals surface area contributed by atoms with Crippen molar-refractivity contribution < 1.29 is 0 Å². The van der Waals surface area contributed by atoms with Gasteiger partial charge < -0.3 is 0 Å². The maximum absolute atomic E-state index is 4.32. The molecule has 0 bridgehead atoms. The SMILES string of the molecule is Brc1cccc2c(-c3ccccn3)ncnc12. The van der Waals surface area contributed by atoms with Crippen LogP contribution in [-0.2, 0) is 0 Å². The van der Waals surface area contributed by atoms with Crippen LogP contribution in [0, 0.1) is 0 Å². The molecule has 0 aliphatic heterocycles. The summed E-state index contributed by atoms with van der Waals surface area (Å²) >= 11 is 3.49. The fourth-order valence-electron chi connectivity index (χ4n) is 1.76. The van der Waals surface area contributed by atoms with E-state index in [4.69, 9.17) is 0 Å². The first-order valence-electron chi connectivity index (χ1n) is 5.17. The van der Waals surface area contributed by atoms with Crippen LogP contribution in [0.4, 0.5) is 0 Å². The second kappa shape index (κ2) is 4.22. The molecule has 0 saturated heterocycles. The summed E-state index contributed by atoms with van der Waals surface area (Å²) in [6.45, 7) is 0. The average molecular weight is 286 g/mol. The quantitative estimate of drug-likeness (QED) is 0.687. The summed E-state index contributed by atoms with van der Waals surface area (Å²) in [7, 11) is 0. The van der Waals surface area contributed by atoms with E-state index in [0.29, 0.717) is 0 Å². The third-order valence-electron chi connectivity index (χ3n) is 2.52. The van der Waals surface area contributed by atoms with E-state index in [2.05, 4.69) is 30.9 Å². The fraction of sp³-hybridized carbons (Fsp3) is 0. The number of halogens is 1.